The van der Waals surface area contributed by atoms with E-state index in [1.54, 1.807) is 12.3 Å². The molecule has 1 atom stereocenters. The zero-order valence-electron chi connectivity index (χ0n) is 11.4. The molecule has 0 saturated carbocycles. The highest BCUT2D eigenvalue weighted by atomic mass is 79.9. The van der Waals surface area contributed by atoms with E-state index in [2.05, 4.69) is 33.2 Å². The fourth-order valence-corrected chi connectivity index (χ4v) is 2.00. The van der Waals surface area contributed by atoms with Crippen molar-refractivity contribution in [1.82, 2.24) is 4.98 Å². The van der Waals surface area contributed by atoms with Gasteiger partial charge >= 0.3 is 0 Å². The average molecular weight is 337 g/mol. The number of hydrogen-bond acceptors (Lipinski definition) is 2. The number of amides is 1. The van der Waals surface area contributed by atoms with Crippen LogP contribution in [0.1, 0.15) is 30.8 Å². The van der Waals surface area contributed by atoms with Crippen LogP contribution in [0.4, 0.5) is 5.69 Å². The molecule has 1 heterocycles. The monoisotopic (exact) mass is 336 g/mol. The Morgan fingerprint density at radius 3 is 2.90 bits per heavy atom. The van der Waals surface area contributed by atoms with E-state index in [4.69, 9.17) is 4.74 Å². The lowest BCUT2D eigenvalue weighted by atomic mass is 10.2. The molecule has 0 aliphatic carbocycles. The lowest BCUT2D eigenvalue weighted by molar-refractivity contribution is 0.102. The second kappa shape index (κ2) is 6.61. The first kappa shape index (κ1) is 14.7. The summed E-state index contributed by atoms with van der Waals surface area (Å²) in [5, 5.41) is 2.83. The predicted molar refractivity (Wildman–Crippen MR) is 83.3 cm³/mol. The van der Waals surface area contributed by atoms with Gasteiger partial charge in [-0.25, -0.2) is 0 Å². The number of carbonyl (C=O) groups excluding carboxylic acids is 1. The highest BCUT2D eigenvalue weighted by Crippen LogP contribution is 2.20. The lowest BCUT2D eigenvalue weighted by Crippen LogP contribution is -2.13. The molecule has 106 valence electrons. The summed E-state index contributed by atoms with van der Waals surface area (Å²) in [6, 6.07) is 9.13. The summed E-state index contributed by atoms with van der Waals surface area (Å²) in [6.07, 6.45) is 2.81. The molecule has 2 aromatic rings. The molecule has 1 unspecified atom stereocenters. The van der Waals surface area contributed by atoms with Gasteiger partial charge in [0.1, 0.15) is 11.4 Å². The molecule has 2 N–H and O–H groups in total. The van der Waals surface area contributed by atoms with E-state index in [9.17, 15) is 4.79 Å². The van der Waals surface area contributed by atoms with Gasteiger partial charge in [-0.05, 0) is 47.5 Å². The predicted octanol–water partition coefficient (Wildman–Crippen LogP) is 4.21. The van der Waals surface area contributed by atoms with E-state index in [1.165, 1.54) is 0 Å². The van der Waals surface area contributed by atoms with E-state index in [-0.39, 0.29) is 12.0 Å². The molecule has 0 aliphatic heterocycles. The molecule has 0 radical (unpaired) electrons. The molecule has 0 aliphatic rings. The van der Waals surface area contributed by atoms with Crippen molar-refractivity contribution in [3.63, 3.8) is 0 Å². The number of rotatable bonds is 5. The van der Waals surface area contributed by atoms with Crippen LogP contribution in [0.2, 0.25) is 0 Å². The lowest BCUT2D eigenvalue weighted by Gasteiger charge is -2.13. The van der Waals surface area contributed by atoms with Crippen LogP contribution in [0.3, 0.4) is 0 Å². The Balaban J connectivity index is 2.06. The second-order valence-electron chi connectivity index (χ2n) is 4.55. The van der Waals surface area contributed by atoms with Crippen LogP contribution in [-0.2, 0) is 0 Å². The number of H-pyrrole nitrogens is 1. The van der Waals surface area contributed by atoms with Gasteiger partial charge in [-0.15, -0.1) is 0 Å². The maximum Gasteiger partial charge on any atom is 0.272 e. The van der Waals surface area contributed by atoms with E-state index < -0.39 is 0 Å². The third-order valence-corrected chi connectivity index (χ3v) is 3.35. The van der Waals surface area contributed by atoms with Crippen molar-refractivity contribution in [1.29, 1.82) is 0 Å². The summed E-state index contributed by atoms with van der Waals surface area (Å²) in [6.45, 7) is 4.08. The minimum Gasteiger partial charge on any atom is -0.491 e. The number of halogens is 1. The Kier molecular flexibility index (Phi) is 4.84. The fraction of sp³-hybridized carbons (Fsp3) is 0.267. The molecular formula is C15H17BrN2O2. The quantitative estimate of drug-likeness (QED) is 0.859. The normalized spacial score (nSPS) is 11.9. The summed E-state index contributed by atoms with van der Waals surface area (Å²) >= 11 is 3.30. The van der Waals surface area contributed by atoms with Gasteiger partial charge in [0.25, 0.3) is 5.91 Å². The van der Waals surface area contributed by atoms with E-state index >= 15 is 0 Å². The molecule has 5 heteroatoms. The van der Waals surface area contributed by atoms with Gasteiger partial charge < -0.3 is 15.0 Å². The van der Waals surface area contributed by atoms with E-state index in [1.807, 2.05) is 31.2 Å². The second-order valence-corrected chi connectivity index (χ2v) is 5.47. The first-order chi connectivity index (χ1) is 9.58. The molecule has 2 rings (SSSR count). The maximum atomic E-state index is 12.0. The summed E-state index contributed by atoms with van der Waals surface area (Å²) < 4.78 is 6.57. The average Bonchev–Trinajstić information content (AvgIpc) is 2.86. The van der Waals surface area contributed by atoms with Gasteiger partial charge in [0.15, 0.2) is 0 Å². The third-order valence-electron chi connectivity index (χ3n) is 2.90. The standard InChI is InChI=1S/C15H17BrN2O2/c1-3-10(2)20-13-6-4-5-12(8-13)18-15(19)14-7-11(16)9-17-14/h4-10,17H,3H2,1-2H3,(H,18,19). The zero-order chi connectivity index (χ0) is 14.5. The van der Waals surface area contributed by atoms with Crippen molar-refractivity contribution >= 4 is 27.5 Å². The highest BCUT2D eigenvalue weighted by molar-refractivity contribution is 9.10. The van der Waals surface area contributed by atoms with Crippen molar-refractivity contribution in [3.8, 4) is 5.75 Å². The topological polar surface area (TPSA) is 54.1 Å². The Hall–Kier alpha value is -1.75. The van der Waals surface area contributed by atoms with E-state index in [0.717, 1.165) is 16.6 Å². The van der Waals surface area contributed by atoms with Crippen LogP contribution in [0.5, 0.6) is 5.75 Å². The van der Waals surface area contributed by atoms with Gasteiger partial charge in [-0.3, -0.25) is 4.79 Å². The Morgan fingerprint density at radius 1 is 1.45 bits per heavy atom. The molecule has 20 heavy (non-hydrogen) atoms. The first-order valence-corrected chi connectivity index (χ1v) is 7.29. The molecule has 1 amide bonds. The number of anilines is 1. The Bertz CT molecular complexity index is 595. The molecule has 4 nitrogen and oxygen atoms in total. The van der Waals surface area contributed by atoms with Crippen LogP contribution in [0.25, 0.3) is 0 Å². The Labute approximate surface area is 126 Å². The molecule has 0 spiro atoms. The summed E-state index contributed by atoms with van der Waals surface area (Å²) in [4.78, 5) is 14.9. The third kappa shape index (κ3) is 3.87. The van der Waals surface area contributed by atoms with Gasteiger partial charge in [-0.2, -0.15) is 0 Å². The molecule has 0 bridgehead atoms. The number of carbonyl (C=O) groups is 1. The molecule has 0 fully saturated rings. The van der Waals surface area contributed by atoms with Crippen LogP contribution < -0.4 is 10.1 Å². The van der Waals surface area contributed by atoms with Gasteiger partial charge in [0.05, 0.1) is 6.10 Å². The Morgan fingerprint density at radius 2 is 2.25 bits per heavy atom. The number of hydrogen-bond donors (Lipinski definition) is 2. The molecular weight excluding hydrogens is 320 g/mol. The number of nitrogens with one attached hydrogen (secondary N) is 2. The number of ether oxygens (including phenoxy) is 1. The van der Waals surface area contributed by atoms with Crippen molar-refractivity contribution in [2.24, 2.45) is 0 Å². The number of aromatic nitrogens is 1. The smallest absolute Gasteiger partial charge is 0.272 e. The van der Waals surface area contributed by atoms with Crippen LogP contribution in [0.15, 0.2) is 41.0 Å². The van der Waals surface area contributed by atoms with Crippen molar-refractivity contribution in [3.05, 3.63) is 46.7 Å². The first-order valence-electron chi connectivity index (χ1n) is 6.50. The zero-order valence-corrected chi connectivity index (χ0v) is 13.0. The van der Waals surface area contributed by atoms with Gasteiger partial charge in [0.2, 0.25) is 0 Å². The van der Waals surface area contributed by atoms with Crippen LogP contribution in [-0.4, -0.2) is 17.0 Å². The van der Waals surface area contributed by atoms with Crippen molar-refractivity contribution < 1.29 is 9.53 Å². The minimum atomic E-state index is -0.184. The van der Waals surface area contributed by atoms with Crippen LogP contribution >= 0.6 is 15.9 Å². The van der Waals surface area contributed by atoms with Crippen LogP contribution in [0, 0.1) is 0 Å². The van der Waals surface area contributed by atoms with Gasteiger partial charge in [-0.1, -0.05) is 13.0 Å². The molecule has 1 aromatic heterocycles. The summed E-state index contributed by atoms with van der Waals surface area (Å²) in [5.74, 6) is 0.571. The minimum absolute atomic E-state index is 0.153. The highest BCUT2D eigenvalue weighted by Gasteiger charge is 2.09. The number of aromatic amines is 1. The van der Waals surface area contributed by atoms with E-state index in [0.29, 0.717) is 11.4 Å². The number of benzene rings is 1. The van der Waals surface area contributed by atoms with Crippen molar-refractivity contribution in [2.75, 3.05) is 5.32 Å². The van der Waals surface area contributed by atoms with Crippen molar-refractivity contribution in [2.45, 2.75) is 26.4 Å². The summed E-state index contributed by atoms with van der Waals surface area (Å²) in [7, 11) is 0. The molecule has 1 aromatic carbocycles. The van der Waals surface area contributed by atoms with Gasteiger partial charge in [0, 0.05) is 22.4 Å². The SMILES string of the molecule is CCC(C)Oc1cccc(NC(=O)c2cc(Br)c[nH]2)c1. The molecule has 0 saturated heterocycles. The fourth-order valence-electron chi connectivity index (χ4n) is 1.66. The largest absolute Gasteiger partial charge is 0.491 e. The summed E-state index contributed by atoms with van der Waals surface area (Å²) in [5.41, 5.74) is 1.21. The maximum absolute atomic E-state index is 12.0.